The summed E-state index contributed by atoms with van der Waals surface area (Å²) < 4.78 is 0. The van der Waals surface area contributed by atoms with Gasteiger partial charge in [0.25, 0.3) is 0 Å². The van der Waals surface area contributed by atoms with Gasteiger partial charge in [0, 0.05) is 44.3 Å². The molecule has 110 valence electrons. The number of nitrogens with zero attached hydrogens (tertiary/aromatic N) is 4. The fourth-order valence-electron chi connectivity index (χ4n) is 2.29. The van der Waals surface area contributed by atoms with Crippen LogP contribution < -0.4 is 5.32 Å². The molecule has 1 aliphatic rings. The summed E-state index contributed by atoms with van der Waals surface area (Å²) in [6.07, 6.45) is 2.69. The van der Waals surface area contributed by atoms with Crippen molar-refractivity contribution in [1.29, 1.82) is 0 Å². The second-order valence-corrected chi connectivity index (χ2v) is 5.79. The number of hydrogen-bond donors (Lipinski definition) is 1. The van der Waals surface area contributed by atoms with Crippen molar-refractivity contribution in [3.05, 3.63) is 35.5 Å². The molecule has 2 aromatic heterocycles. The maximum absolute atomic E-state index is 10.7. The Morgan fingerprint density at radius 1 is 1.29 bits per heavy atom. The second-order valence-electron chi connectivity index (χ2n) is 4.89. The van der Waals surface area contributed by atoms with E-state index in [0.29, 0.717) is 0 Å². The molecule has 0 saturated carbocycles. The highest BCUT2D eigenvalue weighted by Gasteiger charge is 2.15. The largest absolute Gasteiger partial charge is 0.343 e. The molecule has 6 nitrogen and oxygen atoms in total. The Morgan fingerprint density at radius 2 is 2.14 bits per heavy atom. The summed E-state index contributed by atoms with van der Waals surface area (Å²) in [6, 6.07) is 5.97. The first-order chi connectivity index (χ1) is 10.3. The van der Waals surface area contributed by atoms with E-state index in [4.69, 9.17) is 0 Å². The van der Waals surface area contributed by atoms with Crippen LogP contribution in [0, 0.1) is 0 Å². The summed E-state index contributed by atoms with van der Waals surface area (Å²) in [7, 11) is 0. The second kappa shape index (κ2) is 6.64. The molecule has 1 amide bonds. The van der Waals surface area contributed by atoms with E-state index in [-0.39, 0.29) is 0 Å². The van der Waals surface area contributed by atoms with Crippen molar-refractivity contribution in [3.8, 4) is 0 Å². The third-order valence-corrected chi connectivity index (χ3v) is 4.10. The van der Waals surface area contributed by atoms with Crippen LogP contribution in [-0.2, 0) is 11.3 Å². The normalized spacial score (nSPS) is 15.9. The molecule has 1 fully saturated rings. The average molecular weight is 303 g/mol. The summed E-state index contributed by atoms with van der Waals surface area (Å²) in [5.41, 5.74) is 1.02. The predicted molar refractivity (Wildman–Crippen MR) is 82.5 cm³/mol. The monoisotopic (exact) mass is 303 g/mol. The molecule has 1 aliphatic heterocycles. The number of hydrogen-bond acceptors (Lipinski definition) is 6. The lowest BCUT2D eigenvalue weighted by Crippen LogP contribution is -2.45. The highest BCUT2D eigenvalue weighted by Crippen LogP contribution is 2.17. The van der Waals surface area contributed by atoms with Crippen molar-refractivity contribution in [2.24, 2.45) is 0 Å². The quantitative estimate of drug-likeness (QED) is 0.849. The van der Waals surface area contributed by atoms with Crippen molar-refractivity contribution in [2.45, 2.75) is 6.54 Å². The van der Waals surface area contributed by atoms with E-state index < -0.39 is 0 Å². The van der Waals surface area contributed by atoms with E-state index in [1.165, 1.54) is 0 Å². The molecule has 21 heavy (non-hydrogen) atoms. The molecular weight excluding hydrogens is 286 g/mol. The molecule has 0 unspecified atom stereocenters. The molecule has 2 aromatic rings. The lowest BCUT2D eigenvalue weighted by Gasteiger charge is -2.32. The first-order valence-corrected chi connectivity index (χ1v) is 7.75. The van der Waals surface area contributed by atoms with E-state index in [1.807, 2.05) is 28.5 Å². The Kier molecular flexibility index (Phi) is 4.42. The first-order valence-electron chi connectivity index (χ1n) is 6.87. The van der Waals surface area contributed by atoms with Crippen LogP contribution in [0.25, 0.3) is 0 Å². The average Bonchev–Trinajstić information content (AvgIpc) is 3.01. The minimum absolute atomic E-state index is 0.792. The molecule has 0 bridgehead atoms. The lowest BCUT2D eigenvalue weighted by atomic mass is 10.3. The van der Waals surface area contributed by atoms with Gasteiger partial charge in [-0.25, -0.2) is 9.97 Å². The van der Waals surface area contributed by atoms with Crippen LogP contribution in [-0.4, -0.2) is 52.4 Å². The van der Waals surface area contributed by atoms with Gasteiger partial charge in [0.15, 0.2) is 5.13 Å². The van der Waals surface area contributed by atoms with E-state index in [0.717, 1.165) is 55.8 Å². The number of anilines is 2. The summed E-state index contributed by atoms with van der Waals surface area (Å²) in [6.45, 7) is 4.18. The summed E-state index contributed by atoms with van der Waals surface area (Å²) in [5, 5.41) is 5.98. The molecule has 1 saturated heterocycles. The first kappa shape index (κ1) is 14.0. The third-order valence-electron chi connectivity index (χ3n) is 3.42. The van der Waals surface area contributed by atoms with E-state index in [2.05, 4.69) is 20.2 Å². The molecule has 0 aromatic carbocycles. The van der Waals surface area contributed by atoms with E-state index >= 15 is 0 Å². The predicted octanol–water partition coefficient (Wildman–Crippen LogP) is 1.56. The van der Waals surface area contributed by atoms with Crippen LogP contribution in [0.1, 0.15) is 5.69 Å². The van der Waals surface area contributed by atoms with Gasteiger partial charge < -0.3 is 10.2 Å². The van der Waals surface area contributed by atoms with Gasteiger partial charge in [0.1, 0.15) is 5.82 Å². The Hall–Kier alpha value is -1.99. The zero-order valence-corrected chi connectivity index (χ0v) is 12.4. The third kappa shape index (κ3) is 3.77. The number of amides is 1. The standard InChI is InChI=1S/C14H17N5OS/c20-11-19-7-5-18(6-8-19)10-12-2-1-3-13(16-12)17-14-15-4-9-21-14/h1-4,9,11H,5-8,10H2,(H,15,16,17). The summed E-state index contributed by atoms with van der Waals surface area (Å²) >= 11 is 1.55. The van der Waals surface area contributed by atoms with Crippen LogP contribution in [0.2, 0.25) is 0 Å². The zero-order chi connectivity index (χ0) is 14.5. The molecule has 7 heteroatoms. The molecular formula is C14H17N5OS. The SMILES string of the molecule is O=CN1CCN(Cc2cccc(Nc3nccs3)n2)CC1. The van der Waals surface area contributed by atoms with Crippen molar-refractivity contribution in [2.75, 3.05) is 31.5 Å². The van der Waals surface area contributed by atoms with Gasteiger partial charge in [-0.15, -0.1) is 11.3 Å². The number of nitrogens with one attached hydrogen (secondary N) is 1. The van der Waals surface area contributed by atoms with Gasteiger partial charge in [-0.05, 0) is 12.1 Å². The van der Waals surface area contributed by atoms with E-state index in [9.17, 15) is 4.79 Å². The number of carbonyl (C=O) groups excluding carboxylic acids is 1. The molecule has 3 heterocycles. The topological polar surface area (TPSA) is 61.4 Å². The van der Waals surface area contributed by atoms with Crippen molar-refractivity contribution >= 4 is 28.7 Å². The molecule has 0 atom stereocenters. The number of piperazine rings is 1. The maximum Gasteiger partial charge on any atom is 0.209 e. The number of pyridine rings is 1. The van der Waals surface area contributed by atoms with Gasteiger partial charge in [-0.2, -0.15) is 0 Å². The molecule has 0 spiro atoms. The fraction of sp³-hybridized carbons (Fsp3) is 0.357. The smallest absolute Gasteiger partial charge is 0.209 e. The van der Waals surface area contributed by atoms with Gasteiger partial charge in [-0.3, -0.25) is 9.69 Å². The molecule has 1 N–H and O–H groups in total. The van der Waals surface area contributed by atoms with Crippen molar-refractivity contribution < 1.29 is 4.79 Å². The molecule has 3 rings (SSSR count). The van der Waals surface area contributed by atoms with Crippen LogP contribution in [0.15, 0.2) is 29.8 Å². The molecule has 0 aliphatic carbocycles. The van der Waals surface area contributed by atoms with Crippen molar-refractivity contribution in [1.82, 2.24) is 19.8 Å². The van der Waals surface area contributed by atoms with Gasteiger partial charge in [0.2, 0.25) is 6.41 Å². The molecule has 0 radical (unpaired) electrons. The fourth-order valence-corrected chi connectivity index (χ4v) is 2.82. The van der Waals surface area contributed by atoms with Crippen LogP contribution >= 0.6 is 11.3 Å². The van der Waals surface area contributed by atoms with Crippen LogP contribution in [0.5, 0.6) is 0 Å². The minimum atomic E-state index is 0.792. The van der Waals surface area contributed by atoms with Crippen LogP contribution in [0.3, 0.4) is 0 Å². The van der Waals surface area contributed by atoms with Gasteiger partial charge in [0.05, 0.1) is 5.69 Å². The van der Waals surface area contributed by atoms with Crippen LogP contribution in [0.4, 0.5) is 10.9 Å². The highest BCUT2D eigenvalue weighted by molar-refractivity contribution is 7.13. The Morgan fingerprint density at radius 3 is 2.86 bits per heavy atom. The van der Waals surface area contributed by atoms with Crippen molar-refractivity contribution in [3.63, 3.8) is 0 Å². The number of aromatic nitrogens is 2. The Labute approximate surface area is 127 Å². The minimum Gasteiger partial charge on any atom is -0.343 e. The summed E-state index contributed by atoms with van der Waals surface area (Å²) in [4.78, 5) is 23.6. The number of carbonyl (C=O) groups is 1. The highest BCUT2D eigenvalue weighted by atomic mass is 32.1. The zero-order valence-electron chi connectivity index (χ0n) is 11.6. The summed E-state index contributed by atoms with van der Waals surface area (Å²) in [5.74, 6) is 0.814. The maximum atomic E-state index is 10.7. The Bertz CT molecular complexity index is 581. The van der Waals surface area contributed by atoms with Gasteiger partial charge >= 0.3 is 0 Å². The number of thiazole rings is 1. The van der Waals surface area contributed by atoms with E-state index in [1.54, 1.807) is 17.5 Å². The number of rotatable bonds is 5. The Balaban J connectivity index is 1.60. The van der Waals surface area contributed by atoms with Gasteiger partial charge in [-0.1, -0.05) is 6.07 Å². The lowest BCUT2D eigenvalue weighted by molar-refractivity contribution is -0.119.